The summed E-state index contributed by atoms with van der Waals surface area (Å²) in [7, 11) is 1.66. The molecule has 0 unspecified atom stereocenters. The molecule has 13 heavy (non-hydrogen) atoms. The van der Waals surface area contributed by atoms with Gasteiger partial charge in [-0.25, -0.2) is 4.52 Å². The maximum atomic E-state index is 5.17. The second-order valence-electron chi connectivity index (χ2n) is 2.83. The van der Waals surface area contributed by atoms with Crippen LogP contribution >= 0.6 is 15.9 Å². The van der Waals surface area contributed by atoms with E-state index in [1.807, 2.05) is 23.6 Å². The summed E-state index contributed by atoms with van der Waals surface area (Å²) in [4.78, 5) is 0. The van der Waals surface area contributed by atoms with Crippen LogP contribution in [0.15, 0.2) is 22.8 Å². The summed E-state index contributed by atoms with van der Waals surface area (Å²) < 4.78 is 8.01. The van der Waals surface area contributed by atoms with E-state index >= 15 is 0 Å². The Balaban J connectivity index is 2.80. The second kappa shape index (κ2) is 3.03. The number of methoxy groups -OCH3 is 1. The van der Waals surface area contributed by atoms with Crippen LogP contribution in [0, 0.1) is 6.92 Å². The molecule has 0 aliphatic rings. The third-order valence-corrected chi connectivity index (χ3v) is 2.57. The molecule has 0 aromatic carbocycles. The Labute approximate surface area is 84.4 Å². The Morgan fingerprint density at radius 1 is 1.46 bits per heavy atom. The Morgan fingerprint density at radius 3 is 2.92 bits per heavy atom. The van der Waals surface area contributed by atoms with Crippen molar-refractivity contribution >= 4 is 21.4 Å². The Kier molecular flexibility index (Phi) is 2.00. The van der Waals surface area contributed by atoms with Crippen LogP contribution < -0.4 is 4.74 Å². The fourth-order valence-electron chi connectivity index (χ4n) is 1.31. The summed E-state index contributed by atoms with van der Waals surface area (Å²) in [6.07, 6.45) is 1.78. The highest BCUT2D eigenvalue weighted by molar-refractivity contribution is 9.10. The fourth-order valence-corrected chi connectivity index (χ4v) is 1.68. The number of halogens is 1. The molecule has 0 atom stereocenters. The number of ether oxygens (including phenoxy) is 1. The van der Waals surface area contributed by atoms with Gasteiger partial charge in [-0.2, -0.15) is 5.10 Å². The van der Waals surface area contributed by atoms with Gasteiger partial charge in [0, 0.05) is 17.8 Å². The van der Waals surface area contributed by atoms with Gasteiger partial charge in [0.05, 0.1) is 23.3 Å². The molecule has 0 radical (unpaired) electrons. The molecular formula is C9H9BrN2O. The number of aromatic nitrogens is 2. The first-order chi connectivity index (χ1) is 6.22. The number of pyridine rings is 1. The van der Waals surface area contributed by atoms with Gasteiger partial charge in [0.2, 0.25) is 0 Å². The highest BCUT2D eigenvalue weighted by atomic mass is 79.9. The molecule has 68 valence electrons. The van der Waals surface area contributed by atoms with Gasteiger partial charge in [0.1, 0.15) is 5.75 Å². The zero-order valence-electron chi connectivity index (χ0n) is 7.41. The number of nitrogens with zero attached hydrogens (tertiary/aromatic N) is 2. The second-order valence-corrected chi connectivity index (χ2v) is 3.68. The van der Waals surface area contributed by atoms with Crippen LogP contribution in [0.2, 0.25) is 0 Å². The molecule has 0 bridgehead atoms. The van der Waals surface area contributed by atoms with E-state index in [4.69, 9.17) is 4.74 Å². The van der Waals surface area contributed by atoms with Crippen LogP contribution in [0.3, 0.4) is 0 Å². The van der Waals surface area contributed by atoms with Crippen LogP contribution in [-0.2, 0) is 0 Å². The van der Waals surface area contributed by atoms with Crippen molar-refractivity contribution in [2.45, 2.75) is 6.92 Å². The Hall–Kier alpha value is -1.03. The number of hydrogen-bond acceptors (Lipinski definition) is 2. The summed E-state index contributed by atoms with van der Waals surface area (Å²) >= 11 is 3.43. The van der Waals surface area contributed by atoms with E-state index in [9.17, 15) is 0 Å². The SMILES string of the molecule is COc1cc(C)n2ncc(Br)c2c1. The average Bonchev–Trinajstić information content (AvgIpc) is 2.48. The molecule has 3 nitrogen and oxygen atoms in total. The zero-order valence-corrected chi connectivity index (χ0v) is 9.00. The topological polar surface area (TPSA) is 26.5 Å². The molecule has 0 saturated heterocycles. The Morgan fingerprint density at radius 2 is 2.23 bits per heavy atom. The van der Waals surface area contributed by atoms with Crippen LogP contribution in [0.5, 0.6) is 5.75 Å². The molecule has 0 fully saturated rings. The van der Waals surface area contributed by atoms with Gasteiger partial charge in [-0.3, -0.25) is 0 Å². The molecule has 2 heterocycles. The van der Waals surface area contributed by atoms with E-state index in [1.165, 1.54) is 0 Å². The summed E-state index contributed by atoms with van der Waals surface area (Å²) in [5, 5.41) is 4.21. The van der Waals surface area contributed by atoms with Gasteiger partial charge < -0.3 is 4.74 Å². The molecule has 2 aromatic heterocycles. The normalized spacial score (nSPS) is 10.7. The lowest BCUT2D eigenvalue weighted by atomic mass is 10.3. The van der Waals surface area contributed by atoms with Gasteiger partial charge >= 0.3 is 0 Å². The lowest BCUT2D eigenvalue weighted by Crippen LogP contribution is -1.94. The van der Waals surface area contributed by atoms with Gasteiger partial charge in [-0.15, -0.1) is 0 Å². The van der Waals surface area contributed by atoms with Crippen molar-refractivity contribution in [3.05, 3.63) is 28.5 Å². The van der Waals surface area contributed by atoms with E-state index in [2.05, 4.69) is 21.0 Å². The molecule has 0 aliphatic heterocycles. The van der Waals surface area contributed by atoms with Crippen LogP contribution in [-0.4, -0.2) is 16.7 Å². The van der Waals surface area contributed by atoms with Crippen LogP contribution in [0.4, 0.5) is 0 Å². The lowest BCUT2D eigenvalue weighted by Gasteiger charge is -2.03. The largest absolute Gasteiger partial charge is 0.497 e. The molecule has 0 N–H and O–H groups in total. The van der Waals surface area contributed by atoms with Gasteiger partial charge in [-0.1, -0.05) is 0 Å². The minimum atomic E-state index is 0.853. The molecule has 2 rings (SSSR count). The highest BCUT2D eigenvalue weighted by Gasteiger charge is 2.05. The maximum Gasteiger partial charge on any atom is 0.122 e. The van der Waals surface area contributed by atoms with E-state index in [0.717, 1.165) is 21.4 Å². The van der Waals surface area contributed by atoms with Crippen LogP contribution in [0.25, 0.3) is 5.52 Å². The first-order valence-corrected chi connectivity index (χ1v) is 4.69. The zero-order chi connectivity index (χ0) is 9.42. The predicted octanol–water partition coefficient (Wildman–Crippen LogP) is 2.41. The first-order valence-electron chi connectivity index (χ1n) is 3.90. The van der Waals surface area contributed by atoms with E-state index in [1.54, 1.807) is 13.3 Å². The van der Waals surface area contributed by atoms with Crippen molar-refractivity contribution in [1.82, 2.24) is 9.61 Å². The van der Waals surface area contributed by atoms with Crippen molar-refractivity contribution < 1.29 is 4.74 Å². The molecule has 0 spiro atoms. The molecule has 0 saturated carbocycles. The molecule has 0 amide bonds. The minimum Gasteiger partial charge on any atom is -0.497 e. The monoisotopic (exact) mass is 240 g/mol. The van der Waals surface area contributed by atoms with Crippen molar-refractivity contribution in [3.8, 4) is 5.75 Å². The summed E-state index contributed by atoms with van der Waals surface area (Å²) in [6.45, 7) is 2.00. The van der Waals surface area contributed by atoms with Gasteiger partial charge in [0.25, 0.3) is 0 Å². The number of hydrogen-bond donors (Lipinski definition) is 0. The summed E-state index contributed by atoms with van der Waals surface area (Å²) in [5.41, 5.74) is 2.08. The van der Waals surface area contributed by atoms with Gasteiger partial charge in [-0.05, 0) is 22.9 Å². The Bertz CT molecular complexity index is 450. The minimum absolute atomic E-state index is 0.853. The summed E-state index contributed by atoms with van der Waals surface area (Å²) in [5.74, 6) is 0.853. The first kappa shape index (κ1) is 8.56. The standard InChI is InChI=1S/C9H9BrN2O/c1-6-3-7(13-2)4-9-8(10)5-11-12(6)9/h3-5H,1-2H3. The van der Waals surface area contributed by atoms with E-state index in [-0.39, 0.29) is 0 Å². The molecule has 0 aliphatic carbocycles. The van der Waals surface area contributed by atoms with Crippen molar-refractivity contribution in [1.29, 1.82) is 0 Å². The van der Waals surface area contributed by atoms with Gasteiger partial charge in [0.15, 0.2) is 0 Å². The molecular weight excluding hydrogens is 232 g/mol. The highest BCUT2D eigenvalue weighted by Crippen LogP contribution is 2.23. The maximum absolute atomic E-state index is 5.17. The molecule has 2 aromatic rings. The van der Waals surface area contributed by atoms with Crippen molar-refractivity contribution in [3.63, 3.8) is 0 Å². The summed E-state index contributed by atoms with van der Waals surface area (Å²) in [6, 6.07) is 3.90. The smallest absolute Gasteiger partial charge is 0.122 e. The number of aryl methyl sites for hydroxylation is 1. The quantitative estimate of drug-likeness (QED) is 0.766. The third kappa shape index (κ3) is 1.31. The van der Waals surface area contributed by atoms with E-state index < -0.39 is 0 Å². The third-order valence-electron chi connectivity index (χ3n) is 1.96. The fraction of sp³-hybridized carbons (Fsp3) is 0.222. The lowest BCUT2D eigenvalue weighted by molar-refractivity contribution is 0.414. The number of fused-ring (bicyclic) bond motifs is 1. The number of rotatable bonds is 1. The van der Waals surface area contributed by atoms with Crippen molar-refractivity contribution in [2.24, 2.45) is 0 Å². The average molecular weight is 241 g/mol. The van der Waals surface area contributed by atoms with Crippen molar-refractivity contribution in [2.75, 3.05) is 7.11 Å². The molecule has 4 heteroatoms. The predicted molar refractivity (Wildman–Crippen MR) is 54.2 cm³/mol. The van der Waals surface area contributed by atoms with Crippen LogP contribution in [0.1, 0.15) is 5.69 Å². The van der Waals surface area contributed by atoms with E-state index in [0.29, 0.717) is 0 Å².